The molecule has 1 fully saturated rings. The topological polar surface area (TPSA) is 86.7 Å². The first-order chi connectivity index (χ1) is 12.7. The lowest BCUT2D eigenvalue weighted by Gasteiger charge is -2.22. The zero-order chi connectivity index (χ0) is 19.8. The minimum Gasteiger partial charge on any atom is -0.288 e. The molecule has 2 aromatic carbocycles. The van der Waals surface area contributed by atoms with Gasteiger partial charge in [-0.1, -0.05) is 12.1 Å². The maximum Gasteiger partial charge on any atom is 0.274 e. The summed E-state index contributed by atoms with van der Waals surface area (Å²) < 4.78 is 66.8. The van der Waals surface area contributed by atoms with Gasteiger partial charge in [0.25, 0.3) is 5.91 Å². The average molecular weight is 400 g/mol. The van der Waals surface area contributed by atoms with E-state index in [1.54, 1.807) is 0 Å². The molecule has 0 saturated heterocycles. The fourth-order valence-corrected chi connectivity index (χ4v) is 4.29. The highest BCUT2D eigenvalue weighted by molar-refractivity contribution is 7.89. The lowest BCUT2D eigenvalue weighted by molar-refractivity contribution is 0.0706. The van der Waals surface area contributed by atoms with Crippen LogP contribution in [0.5, 0.6) is 0 Å². The number of benzene rings is 2. The van der Waals surface area contributed by atoms with Crippen LogP contribution in [-0.2, 0) is 16.6 Å². The predicted molar refractivity (Wildman–Crippen MR) is 87.8 cm³/mol. The molecule has 0 unspecified atom stereocenters. The van der Waals surface area contributed by atoms with E-state index in [4.69, 9.17) is 5.21 Å². The Bertz CT molecular complexity index is 953. The second-order valence-corrected chi connectivity index (χ2v) is 8.01. The molecule has 1 aliphatic carbocycles. The van der Waals surface area contributed by atoms with E-state index in [9.17, 15) is 26.4 Å². The number of carbonyl (C=O) groups is 1. The Hall–Kier alpha value is -2.43. The second kappa shape index (κ2) is 7.29. The average Bonchev–Trinajstić information content (AvgIpc) is 3.48. The Morgan fingerprint density at radius 2 is 1.67 bits per heavy atom. The van der Waals surface area contributed by atoms with Crippen molar-refractivity contribution in [2.45, 2.75) is 30.3 Å². The summed E-state index contributed by atoms with van der Waals surface area (Å²) in [6.45, 7) is -0.0887. The lowest BCUT2D eigenvalue weighted by Crippen LogP contribution is -2.33. The first kappa shape index (κ1) is 19.3. The van der Waals surface area contributed by atoms with Crippen molar-refractivity contribution in [3.63, 3.8) is 0 Å². The maximum atomic E-state index is 13.5. The summed E-state index contributed by atoms with van der Waals surface area (Å²) >= 11 is 0. The molecule has 1 aliphatic rings. The molecule has 0 aliphatic heterocycles. The number of carbonyl (C=O) groups excluding carboxylic acids is 1. The van der Waals surface area contributed by atoms with E-state index in [-0.39, 0.29) is 18.2 Å². The normalized spacial score (nSPS) is 14.4. The van der Waals surface area contributed by atoms with Gasteiger partial charge in [-0.2, -0.15) is 4.31 Å². The van der Waals surface area contributed by atoms with Crippen LogP contribution >= 0.6 is 0 Å². The molecule has 2 N–H and O–H groups in total. The van der Waals surface area contributed by atoms with E-state index in [2.05, 4.69) is 0 Å². The molecule has 6 nitrogen and oxygen atoms in total. The highest BCUT2D eigenvalue weighted by Gasteiger charge is 2.38. The summed E-state index contributed by atoms with van der Waals surface area (Å²) in [6.07, 6.45) is 1.19. The molecule has 0 aromatic heterocycles. The van der Waals surface area contributed by atoms with Gasteiger partial charge in [-0.25, -0.2) is 27.1 Å². The largest absolute Gasteiger partial charge is 0.288 e. The molecule has 0 spiro atoms. The van der Waals surface area contributed by atoms with Crippen molar-refractivity contribution >= 4 is 15.9 Å². The molecule has 1 amide bonds. The highest BCUT2D eigenvalue weighted by Crippen LogP contribution is 2.34. The van der Waals surface area contributed by atoms with Crippen LogP contribution in [0.15, 0.2) is 41.3 Å². The fourth-order valence-electron chi connectivity index (χ4n) is 2.60. The third-order valence-corrected chi connectivity index (χ3v) is 6.05. The number of nitrogens with one attached hydrogen (secondary N) is 1. The molecule has 10 heteroatoms. The van der Waals surface area contributed by atoms with Gasteiger partial charge in [0.05, 0.1) is 4.90 Å². The molecule has 0 radical (unpaired) electrons. The van der Waals surface area contributed by atoms with E-state index in [0.29, 0.717) is 30.5 Å². The fraction of sp³-hybridized carbons (Fsp3) is 0.235. The van der Waals surface area contributed by atoms with Crippen LogP contribution < -0.4 is 5.48 Å². The number of sulfonamides is 1. The van der Waals surface area contributed by atoms with Crippen molar-refractivity contribution in [2.75, 3.05) is 0 Å². The third kappa shape index (κ3) is 3.97. The molecule has 0 bridgehead atoms. The van der Waals surface area contributed by atoms with Crippen LogP contribution in [0.2, 0.25) is 0 Å². The maximum absolute atomic E-state index is 13.5. The van der Waals surface area contributed by atoms with Gasteiger partial charge in [0.2, 0.25) is 10.0 Å². The standard InChI is InChI=1S/C17H15F3N2O4S/c18-14-7-13(8-15(19)16(14)20)27(25,26)22(12-5-6-12)9-10-1-3-11(4-2-10)17(23)21-24/h1-4,7-8,12,24H,5-6,9H2,(H,21,23). The van der Waals surface area contributed by atoms with E-state index < -0.39 is 38.3 Å². The Morgan fingerprint density at radius 1 is 1.11 bits per heavy atom. The molecule has 1 saturated carbocycles. The van der Waals surface area contributed by atoms with Gasteiger partial charge in [0.1, 0.15) is 0 Å². The zero-order valence-electron chi connectivity index (χ0n) is 13.8. The summed E-state index contributed by atoms with van der Waals surface area (Å²) in [6, 6.07) is 6.38. The first-order valence-corrected chi connectivity index (χ1v) is 9.38. The molecule has 3 rings (SSSR count). The van der Waals surface area contributed by atoms with Crippen molar-refractivity contribution in [1.82, 2.24) is 9.79 Å². The molecule has 2 aromatic rings. The zero-order valence-corrected chi connectivity index (χ0v) is 14.6. The number of rotatable bonds is 6. The van der Waals surface area contributed by atoms with Crippen LogP contribution in [0.4, 0.5) is 13.2 Å². The van der Waals surface area contributed by atoms with E-state index >= 15 is 0 Å². The van der Waals surface area contributed by atoms with Gasteiger partial charge >= 0.3 is 0 Å². The van der Waals surface area contributed by atoms with Gasteiger partial charge in [0, 0.05) is 18.2 Å². The van der Waals surface area contributed by atoms with Gasteiger partial charge in [-0.3, -0.25) is 10.0 Å². The summed E-state index contributed by atoms with van der Waals surface area (Å²) in [5.74, 6) is -5.61. The van der Waals surface area contributed by atoms with E-state index in [0.717, 1.165) is 4.31 Å². The minimum absolute atomic E-state index is 0.0887. The van der Waals surface area contributed by atoms with Gasteiger partial charge in [-0.15, -0.1) is 0 Å². The molecular weight excluding hydrogens is 385 g/mol. The number of hydroxylamine groups is 1. The Balaban J connectivity index is 1.90. The Kier molecular flexibility index (Phi) is 5.22. The lowest BCUT2D eigenvalue weighted by atomic mass is 10.1. The van der Waals surface area contributed by atoms with Gasteiger partial charge < -0.3 is 0 Å². The van der Waals surface area contributed by atoms with Crippen LogP contribution in [0.25, 0.3) is 0 Å². The van der Waals surface area contributed by atoms with Crippen LogP contribution in [0, 0.1) is 17.5 Å². The number of amides is 1. The van der Waals surface area contributed by atoms with Crippen molar-refractivity contribution < 1.29 is 31.6 Å². The quantitative estimate of drug-likeness (QED) is 0.443. The summed E-state index contributed by atoms with van der Waals surface area (Å²) in [4.78, 5) is 10.7. The molecule has 27 heavy (non-hydrogen) atoms. The number of nitrogens with zero attached hydrogens (tertiary/aromatic N) is 1. The van der Waals surface area contributed by atoms with Crippen molar-refractivity contribution in [3.05, 3.63) is 65.0 Å². The summed E-state index contributed by atoms with van der Waals surface area (Å²) in [7, 11) is -4.26. The SMILES string of the molecule is O=C(NO)c1ccc(CN(C2CC2)S(=O)(=O)c2cc(F)c(F)c(F)c2)cc1. The number of hydrogen-bond acceptors (Lipinski definition) is 4. The molecular formula is C17H15F3N2O4S. The predicted octanol–water partition coefficient (Wildman–Crippen LogP) is 2.58. The molecule has 0 heterocycles. The highest BCUT2D eigenvalue weighted by atomic mass is 32.2. The molecule has 0 atom stereocenters. The monoisotopic (exact) mass is 400 g/mol. The van der Waals surface area contributed by atoms with E-state index in [1.165, 1.54) is 29.7 Å². The Labute approximate surface area is 153 Å². The van der Waals surface area contributed by atoms with Gasteiger partial charge in [-0.05, 0) is 42.7 Å². The van der Waals surface area contributed by atoms with Crippen LogP contribution in [0.1, 0.15) is 28.8 Å². The van der Waals surface area contributed by atoms with Crippen LogP contribution in [0.3, 0.4) is 0 Å². The van der Waals surface area contributed by atoms with Crippen molar-refractivity contribution in [2.24, 2.45) is 0 Å². The summed E-state index contributed by atoms with van der Waals surface area (Å²) in [5, 5.41) is 8.61. The van der Waals surface area contributed by atoms with E-state index in [1.807, 2.05) is 0 Å². The summed E-state index contributed by atoms with van der Waals surface area (Å²) in [5.41, 5.74) is 2.19. The minimum atomic E-state index is -4.26. The van der Waals surface area contributed by atoms with Gasteiger partial charge in [0.15, 0.2) is 17.5 Å². The Morgan fingerprint density at radius 3 is 2.15 bits per heavy atom. The van der Waals surface area contributed by atoms with Crippen molar-refractivity contribution in [3.8, 4) is 0 Å². The first-order valence-electron chi connectivity index (χ1n) is 7.94. The number of halogens is 3. The van der Waals surface area contributed by atoms with Crippen LogP contribution in [-0.4, -0.2) is 29.9 Å². The second-order valence-electron chi connectivity index (χ2n) is 6.12. The van der Waals surface area contributed by atoms with Crippen molar-refractivity contribution in [1.29, 1.82) is 0 Å². The molecule has 144 valence electrons. The number of hydrogen-bond donors (Lipinski definition) is 2. The smallest absolute Gasteiger partial charge is 0.274 e. The third-order valence-electron chi connectivity index (χ3n) is 4.17.